The molecular formula is C12H15NO5. The summed E-state index contributed by atoms with van der Waals surface area (Å²) >= 11 is 0. The summed E-state index contributed by atoms with van der Waals surface area (Å²) in [5.74, 6) is 0. The van der Waals surface area contributed by atoms with Gasteiger partial charge in [0.15, 0.2) is 0 Å². The molecule has 0 atom stereocenters. The largest absolute Gasteiger partial charge is 0.508 e. The van der Waals surface area contributed by atoms with Crippen molar-refractivity contribution in [2.75, 3.05) is 6.61 Å². The van der Waals surface area contributed by atoms with Gasteiger partial charge in [-0.25, -0.2) is 4.79 Å². The summed E-state index contributed by atoms with van der Waals surface area (Å²) in [7, 11) is 0. The predicted octanol–water partition coefficient (Wildman–Crippen LogP) is 2.83. The topological polar surface area (TPSA) is 78.7 Å². The highest BCUT2D eigenvalue weighted by atomic mass is 16.7. The summed E-state index contributed by atoms with van der Waals surface area (Å²) in [6.45, 7) is 3.64. The fourth-order valence-electron chi connectivity index (χ4n) is 1.45. The molecule has 0 saturated carbocycles. The molecule has 0 aliphatic heterocycles. The third-order valence-electron chi connectivity index (χ3n) is 2.36. The van der Waals surface area contributed by atoms with E-state index in [9.17, 15) is 14.9 Å². The first-order valence-electron chi connectivity index (χ1n) is 5.64. The van der Waals surface area contributed by atoms with Crippen LogP contribution in [0.15, 0.2) is 18.2 Å². The lowest BCUT2D eigenvalue weighted by atomic mass is 10.1. The van der Waals surface area contributed by atoms with Gasteiger partial charge in [-0.15, -0.1) is 0 Å². The Balaban J connectivity index is 2.84. The Labute approximate surface area is 105 Å². The highest BCUT2D eigenvalue weighted by Crippen LogP contribution is 2.21. The number of hydrogen-bond donors (Lipinski definition) is 0. The van der Waals surface area contributed by atoms with Crippen LogP contribution in [0.2, 0.25) is 0 Å². The fraction of sp³-hybridized carbons (Fsp3) is 0.417. The quantitative estimate of drug-likeness (QED) is 0.458. The fourth-order valence-corrected chi connectivity index (χ4v) is 1.45. The number of nitro benzene ring substituents is 1. The number of carbonyl (C=O) groups is 1. The molecular weight excluding hydrogens is 238 g/mol. The monoisotopic (exact) mass is 253 g/mol. The molecule has 18 heavy (non-hydrogen) atoms. The van der Waals surface area contributed by atoms with Crippen molar-refractivity contribution in [2.24, 2.45) is 0 Å². The van der Waals surface area contributed by atoms with Crippen LogP contribution in [0.1, 0.15) is 25.0 Å². The molecule has 0 radical (unpaired) electrons. The van der Waals surface area contributed by atoms with Crippen molar-refractivity contribution < 1.29 is 19.2 Å². The molecule has 1 aromatic carbocycles. The zero-order valence-electron chi connectivity index (χ0n) is 10.3. The minimum Gasteiger partial charge on any atom is -0.435 e. The van der Waals surface area contributed by atoms with Gasteiger partial charge in [-0.2, -0.15) is 0 Å². The van der Waals surface area contributed by atoms with E-state index in [0.717, 1.165) is 12.0 Å². The van der Waals surface area contributed by atoms with E-state index in [0.29, 0.717) is 5.56 Å². The summed E-state index contributed by atoms with van der Waals surface area (Å²) < 4.78 is 9.38. The summed E-state index contributed by atoms with van der Waals surface area (Å²) in [5.41, 5.74) is 1.26. The molecule has 0 aliphatic carbocycles. The van der Waals surface area contributed by atoms with E-state index in [1.165, 1.54) is 6.07 Å². The molecule has 98 valence electrons. The van der Waals surface area contributed by atoms with Gasteiger partial charge < -0.3 is 9.47 Å². The number of hydrogen-bond acceptors (Lipinski definition) is 5. The van der Waals surface area contributed by atoms with Crippen molar-refractivity contribution in [3.8, 4) is 0 Å². The second-order valence-corrected chi connectivity index (χ2v) is 3.55. The highest BCUT2D eigenvalue weighted by Gasteiger charge is 2.15. The number of nitrogens with zero attached hydrogens (tertiary/aromatic N) is 1. The maximum Gasteiger partial charge on any atom is 0.508 e. The first-order valence-corrected chi connectivity index (χ1v) is 5.64. The molecule has 6 nitrogen and oxygen atoms in total. The molecule has 0 unspecified atom stereocenters. The normalized spacial score (nSPS) is 9.89. The van der Waals surface area contributed by atoms with Gasteiger partial charge in [-0.3, -0.25) is 10.1 Å². The molecule has 0 aliphatic rings. The van der Waals surface area contributed by atoms with Gasteiger partial charge in [0.2, 0.25) is 0 Å². The van der Waals surface area contributed by atoms with Crippen LogP contribution in [-0.4, -0.2) is 17.7 Å². The summed E-state index contributed by atoms with van der Waals surface area (Å²) in [6.07, 6.45) is -0.0709. The molecule has 0 fully saturated rings. The molecule has 0 bridgehead atoms. The number of aryl methyl sites for hydroxylation is 1. The first-order chi connectivity index (χ1) is 8.58. The van der Waals surface area contributed by atoms with Crippen molar-refractivity contribution in [1.82, 2.24) is 0 Å². The number of benzene rings is 1. The SMILES string of the molecule is CCOC(=O)OCc1cc(CC)ccc1[N+](=O)[O-]. The van der Waals surface area contributed by atoms with Gasteiger partial charge >= 0.3 is 6.16 Å². The summed E-state index contributed by atoms with van der Waals surface area (Å²) in [4.78, 5) is 21.4. The van der Waals surface area contributed by atoms with Crippen LogP contribution in [-0.2, 0) is 22.5 Å². The second-order valence-electron chi connectivity index (χ2n) is 3.55. The Morgan fingerprint density at radius 2 is 2.06 bits per heavy atom. The van der Waals surface area contributed by atoms with E-state index < -0.39 is 11.1 Å². The van der Waals surface area contributed by atoms with Crippen LogP contribution in [0.4, 0.5) is 10.5 Å². The minimum atomic E-state index is -0.825. The van der Waals surface area contributed by atoms with Crippen molar-refractivity contribution in [1.29, 1.82) is 0 Å². The van der Waals surface area contributed by atoms with Crippen molar-refractivity contribution in [3.05, 3.63) is 39.4 Å². The Bertz CT molecular complexity index is 444. The van der Waals surface area contributed by atoms with Crippen LogP contribution in [0.5, 0.6) is 0 Å². The average molecular weight is 253 g/mol. The standard InChI is InChI=1S/C12H15NO5/c1-3-9-5-6-11(13(15)16)10(7-9)8-18-12(14)17-4-2/h5-7H,3-4,8H2,1-2H3. The third kappa shape index (κ3) is 3.73. The van der Waals surface area contributed by atoms with Crippen molar-refractivity contribution in [3.63, 3.8) is 0 Å². The summed E-state index contributed by atoms with van der Waals surface area (Å²) in [5, 5.41) is 10.8. The first kappa shape index (κ1) is 14.0. The molecule has 6 heteroatoms. The Hall–Kier alpha value is -2.11. The highest BCUT2D eigenvalue weighted by molar-refractivity contribution is 5.60. The number of ether oxygens (including phenoxy) is 2. The van der Waals surface area contributed by atoms with Crippen LogP contribution in [0.3, 0.4) is 0 Å². The Kier molecular flexibility index (Phi) is 5.10. The van der Waals surface area contributed by atoms with E-state index in [4.69, 9.17) is 4.74 Å². The van der Waals surface area contributed by atoms with Gasteiger partial charge in [0, 0.05) is 6.07 Å². The van der Waals surface area contributed by atoms with Crippen molar-refractivity contribution in [2.45, 2.75) is 26.9 Å². The van der Waals surface area contributed by atoms with E-state index in [1.807, 2.05) is 6.92 Å². The van der Waals surface area contributed by atoms with Gasteiger partial charge in [-0.1, -0.05) is 13.0 Å². The zero-order valence-corrected chi connectivity index (χ0v) is 10.3. The lowest BCUT2D eigenvalue weighted by Crippen LogP contribution is -2.08. The second kappa shape index (κ2) is 6.58. The molecule has 1 aromatic rings. The molecule has 0 N–H and O–H groups in total. The van der Waals surface area contributed by atoms with Gasteiger partial charge in [0.05, 0.1) is 17.1 Å². The van der Waals surface area contributed by atoms with E-state index in [-0.39, 0.29) is 18.9 Å². The smallest absolute Gasteiger partial charge is 0.435 e. The minimum absolute atomic E-state index is 0.0588. The average Bonchev–Trinajstić information content (AvgIpc) is 2.36. The number of carbonyl (C=O) groups excluding carboxylic acids is 1. The van der Waals surface area contributed by atoms with Crippen molar-refractivity contribution >= 4 is 11.8 Å². The van der Waals surface area contributed by atoms with Gasteiger partial charge in [0.1, 0.15) is 6.61 Å². The number of rotatable bonds is 5. The van der Waals surface area contributed by atoms with Gasteiger partial charge in [0.25, 0.3) is 5.69 Å². The molecule has 1 rings (SSSR count). The van der Waals surface area contributed by atoms with E-state index in [1.54, 1.807) is 19.1 Å². The molecule has 0 heterocycles. The van der Waals surface area contributed by atoms with Gasteiger partial charge in [-0.05, 0) is 25.0 Å². The van der Waals surface area contributed by atoms with Crippen LogP contribution in [0.25, 0.3) is 0 Å². The van der Waals surface area contributed by atoms with Crippen LogP contribution in [0, 0.1) is 10.1 Å². The zero-order chi connectivity index (χ0) is 13.5. The third-order valence-corrected chi connectivity index (χ3v) is 2.36. The Morgan fingerprint density at radius 1 is 1.33 bits per heavy atom. The molecule has 0 aromatic heterocycles. The van der Waals surface area contributed by atoms with E-state index in [2.05, 4.69) is 4.74 Å². The van der Waals surface area contributed by atoms with Crippen LogP contribution < -0.4 is 0 Å². The Morgan fingerprint density at radius 3 is 2.61 bits per heavy atom. The number of nitro groups is 1. The molecule has 0 spiro atoms. The maximum atomic E-state index is 11.0. The molecule has 0 amide bonds. The maximum absolute atomic E-state index is 11.0. The molecule has 0 saturated heterocycles. The lowest BCUT2D eigenvalue weighted by Gasteiger charge is -2.06. The lowest BCUT2D eigenvalue weighted by molar-refractivity contribution is -0.385. The summed E-state index contributed by atoms with van der Waals surface area (Å²) in [6, 6.07) is 4.77. The van der Waals surface area contributed by atoms with E-state index >= 15 is 0 Å². The van der Waals surface area contributed by atoms with Crippen LogP contribution >= 0.6 is 0 Å². The predicted molar refractivity (Wildman–Crippen MR) is 64.3 cm³/mol.